The van der Waals surface area contributed by atoms with Crippen molar-refractivity contribution in [1.29, 1.82) is 0 Å². The van der Waals surface area contributed by atoms with Crippen molar-refractivity contribution in [3.05, 3.63) is 28.8 Å². The van der Waals surface area contributed by atoms with E-state index < -0.39 is 0 Å². The molecule has 2 aliphatic rings. The van der Waals surface area contributed by atoms with E-state index in [2.05, 4.69) is 10.2 Å². The minimum absolute atomic E-state index is 0. The van der Waals surface area contributed by atoms with Crippen molar-refractivity contribution in [3.63, 3.8) is 0 Å². The van der Waals surface area contributed by atoms with E-state index in [1.54, 1.807) is 6.07 Å². The number of piperazine rings is 1. The molecule has 3 rings (SSSR count). The molecule has 1 saturated heterocycles. The van der Waals surface area contributed by atoms with E-state index in [1.165, 1.54) is 31.2 Å². The summed E-state index contributed by atoms with van der Waals surface area (Å²) in [6.45, 7) is 4.32. The van der Waals surface area contributed by atoms with Crippen molar-refractivity contribution in [3.8, 4) is 5.75 Å². The summed E-state index contributed by atoms with van der Waals surface area (Å²) in [7, 11) is 0. The van der Waals surface area contributed by atoms with Crippen molar-refractivity contribution in [2.75, 3.05) is 26.2 Å². The SMILES string of the molecule is Cl.Cl.Oc1ccc([C@H](C2CCCC2)N2CCNCC2)cc1Cl. The maximum absolute atomic E-state index is 9.65. The minimum Gasteiger partial charge on any atom is -0.506 e. The normalized spacial score (nSPS) is 21.0. The molecule has 2 N–H and O–H groups in total. The van der Waals surface area contributed by atoms with Crippen LogP contribution < -0.4 is 5.32 Å². The molecule has 2 fully saturated rings. The molecule has 1 aliphatic carbocycles. The lowest BCUT2D eigenvalue weighted by Crippen LogP contribution is -2.46. The van der Waals surface area contributed by atoms with Crippen LogP contribution in [0.25, 0.3) is 0 Å². The maximum Gasteiger partial charge on any atom is 0.134 e. The summed E-state index contributed by atoms with van der Waals surface area (Å²) in [5.74, 6) is 0.912. The summed E-state index contributed by atoms with van der Waals surface area (Å²) in [4.78, 5) is 2.59. The van der Waals surface area contributed by atoms with Crippen molar-refractivity contribution in [2.45, 2.75) is 31.7 Å². The molecule has 0 spiro atoms. The monoisotopic (exact) mass is 366 g/mol. The quantitative estimate of drug-likeness (QED) is 0.847. The van der Waals surface area contributed by atoms with Gasteiger partial charge in [-0.15, -0.1) is 24.8 Å². The Morgan fingerprint density at radius 1 is 1.14 bits per heavy atom. The third-order valence-electron chi connectivity index (χ3n) is 4.70. The molecule has 0 bridgehead atoms. The average molecular weight is 368 g/mol. The number of phenols is 1. The highest BCUT2D eigenvalue weighted by Gasteiger charge is 2.32. The Labute approximate surface area is 150 Å². The Kier molecular flexibility index (Phi) is 8.29. The molecule has 0 aromatic heterocycles. The van der Waals surface area contributed by atoms with Gasteiger partial charge in [0.25, 0.3) is 0 Å². The van der Waals surface area contributed by atoms with E-state index in [4.69, 9.17) is 11.6 Å². The third kappa shape index (κ3) is 4.42. The first-order chi connectivity index (χ1) is 9.75. The fourth-order valence-electron chi connectivity index (χ4n) is 3.72. The van der Waals surface area contributed by atoms with Crippen molar-refractivity contribution in [2.24, 2.45) is 5.92 Å². The maximum atomic E-state index is 9.65. The second-order valence-electron chi connectivity index (χ2n) is 5.99. The Bertz CT molecular complexity index is 461. The summed E-state index contributed by atoms with van der Waals surface area (Å²) < 4.78 is 0. The topological polar surface area (TPSA) is 35.5 Å². The molecule has 22 heavy (non-hydrogen) atoms. The van der Waals surface area contributed by atoms with Crippen molar-refractivity contribution < 1.29 is 5.11 Å². The van der Waals surface area contributed by atoms with Crippen LogP contribution in [-0.2, 0) is 0 Å². The van der Waals surface area contributed by atoms with Gasteiger partial charge in [-0.2, -0.15) is 0 Å². The van der Waals surface area contributed by atoms with Crippen LogP contribution in [-0.4, -0.2) is 36.2 Å². The second kappa shape index (κ2) is 9.19. The lowest BCUT2D eigenvalue weighted by Gasteiger charge is -2.38. The molecule has 126 valence electrons. The summed E-state index contributed by atoms with van der Waals surface area (Å²) in [5, 5.41) is 13.5. The predicted octanol–water partition coefficient (Wildman–Crippen LogP) is 4.03. The number of benzene rings is 1. The molecule has 1 atom stereocenters. The molecule has 1 aliphatic heterocycles. The Morgan fingerprint density at radius 2 is 1.77 bits per heavy atom. The Balaban J connectivity index is 0.00000121. The van der Waals surface area contributed by atoms with Crippen LogP contribution in [0.4, 0.5) is 0 Å². The Morgan fingerprint density at radius 3 is 2.36 bits per heavy atom. The first kappa shape index (κ1) is 19.9. The molecule has 1 aromatic rings. The number of nitrogens with zero attached hydrogens (tertiary/aromatic N) is 1. The minimum atomic E-state index is 0. The van der Waals surface area contributed by atoms with Gasteiger partial charge in [-0.05, 0) is 36.5 Å². The van der Waals surface area contributed by atoms with Crippen molar-refractivity contribution in [1.82, 2.24) is 10.2 Å². The van der Waals surface area contributed by atoms with Gasteiger partial charge >= 0.3 is 0 Å². The lowest BCUT2D eigenvalue weighted by molar-refractivity contribution is 0.125. The number of rotatable bonds is 3. The molecule has 0 unspecified atom stereocenters. The highest BCUT2D eigenvalue weighted by molar-refractivity contribution is 6.32. The Hall–Kier alpha value is -0.190. The fourth-order valence-corrected chi connectivity index (χ4v) is 3.91. The summed E-state index contributed by atoms with van der Waals surface area (Å²) in [5.41, 5.74) is 1.27. The van der Waals surface area contributed by atoms with Gasteiger partial charge < -0.3 is 10.4 Å². The van der Waals surface area contributed by atoms with Crippen LogP contribution in [0.5, 0.6) is 5.75 Å². The zero-order valence-electron chi connectivity index (χ0n) is 12.6. The van der Waals surface area contributed by atoms with Gasteiger partial charge in [0.1, 0.15) is 5.75 Å². The third-order valence-corrected chi connectivity index (χ3v) is 5.01. The van der Waals surface area contributed by atoms with Gasteiger partial charge in [-0.1, -0.05) is 30.5 Å². The van der Waals surface area contributed by atoms with Crippen LogP contribution in [0, 0.1) is 5.92 Å². The summed E-state index contributed by atoms with van der Waals surface area (Å²) >= 11 is 6.12. The first-order valence-corrected chi connectivity index (χ1v) is 8.06. The van der Waals surface area contributed by atoms with Gasteiger partial charge in [0, 0.05) is 32.2 Å². The number of halogens is 3. The van der Waals surface area contributed by atoms with E-state index in [-0.39, 0.29) is 30.6 Å². The largest absolute Gasteiger partial charge is 0.506 e. The molecular weight excluding hydrogens is 343 g/mol. The number of hydrogen-bond acceptors (Lipinski definition) is 3. The standard InChI is InChI=1S/C16H23ClN2O.2ClH/c17-14-11-13(5-6-15(14)20)16(12-3-1-2-4-12)19-9-7-18-8-10-19;;/h5-6,11-12,16,18,20H,1-4,7-10H2;2*1H/t16-;;/m0../s1. The average Bonchev–Trinajstić information content (AvgIpc) is 2.98. The van der Waals surface area contributed by atoms with Crippen LogP contribution in [0.3, 0.4) is 0 Å². The summed E-state index contributed by atoms with van der Waals surface area (Å²) in [6, 6.07) is 6.20. The molecule has 6 heteroatoms. The predicted molar refractivity (Wildman–Crippen MR) is 96.8 cm³/mol. The molecule has 1 saturated carbocycles. The molecule has 0 amide bonds. The number of aromatic hydroxyl groups is 1. The van der Waals surface area contributed by atoms with Gasteiger partial charge in [-0.3, -0.25) is 4.90 Å². The van der Waals surface area contributed by atoms with Crippen molar-refractivity contribution >= 4 is 36.4 Å². The molecule has 1 aromatic carbocycles. The number of nitrogens with one attached hydrogen (secondary N) is 1. The van der Waals surface area contributed by atoms with Crippen LogP contribution in [0.1, 0.15) is 37.3 Å². The zero-order valence-corrected chi connectivity index (χ0v) is 15.0. The first-order valence-electron chi connectivity index (χ1n) is 7.69. The number of hydrogen-bond donors (Lipinski definition) is 2. The van der Waals surface area contributed by atoms with E-state index in [0.29, 0.717) is 11.1 Å². The van der Waals surface area contributed by atoms with E-state index in [0.717, 1.165) is 32.1 Å². The van der Waals surface area contributed by atoms with Crippen LogP contribution in [0.2, 0.25) is 5.02 Å². The van der Waals surface area contributed by atoms with E-state index in [9.17, 15) is 5.11 Å². The molecule has 0 radical (unpaired) electrons. The highest BCUT2D eigenvalue weighted by Crippen LogP contribution is 2.41. The molecule has 1 heterocycles. The highest BCUT2D eigenvalue weighted by atomic mass is 35.5. The lowest BCUT2D eigenvalue weighted by atomic mass is 9.89. The van der Waals surface area contributed by atoms with Crippen LogP contribution in [0.15, 0.2) is 18.2 Å². The zero-order chi connectivity index (χ0) is 13.9. The fraction of sp³-hybridized carbons (Fsp3) is 0.625. The number of phenolic OH excluding ortho intramolecular Hbond substituents is 1. The van der Waals surface area contributed by atoms with Gasteiger partial charge in [0.05, 0.1) is 5.02 Å². The smallest absolute Gasteiger partial charge is 0.134 e. The second-order valence-corrected chi connectivity index (χ2v) is 6.39. The molecular formula is C16H25Cl3N2O. The van der Waals surface area contributed by atoms with Crippen LogP contribution >= 0.6 is 36.4 Å². The van der Waals surface area contributed by atoms with Gasteiger partial charge in [0.15, 0.2) is 0 Å². The van der Waals surface area contributed by atoms with Gasteiger partial charge in [-0.25, -0.2) is 0 Å². The molecule has 3 nitrogen and oxygen atoms in total. The van der Waals surface area contributed by atoms with E-state index >= 15 is 0 Å². The summed E-state index contributed by atoms with van der Waals surface area (Å²) in [6.07, 6.45) is 5.32. The van der Waals surface area contributed by atoms with Gasteiger partial charge in [0.2, 0.25) is 0 Å². The van der Waals surface area contributed by atoms with E-state index in [1.807, 2.05) is 12.1 Å².